The van der Waals surface area contributed by atoms with Crippen LogP contribution >= 0.6 is 23.2 Å². The molecule has 24 heavy (non-hydrogen) atoms. The fraction of sp³-hybridized carbons (Fsp3) is 0.100. The molecule has 0 aliphatic heterocycles. The Morgan fingerprint density at radius 2 is 0.917 bits per heavy atom. The summed E-state index contributed by atoms with van der Waals surface area (Å²) in [5.74, 6) is 1.57. The smallest absolute Gasteiger partial charge is 0.119 e. The van der Waals surface area contributed by atoms with E-state index in [4.69, 9.17) is 32.7 Å². The standard InChI is InChI=1S/C20H16Cl2O2/c21-17-5-9-19(10-6-17)23-13-15-3-1-2-4-16(15)14-24-20-11-7-18(22)8-12-20/h1-12H,13-14H2. The van der Waals surface area contributed by atoms with Crippen LogP contribution in [0.2, 0.25) is 10.0 Å². The van der Waals surface area contributed by atoms with Crippen LogP contribution in [0, 0.1) is 0 Å². The minimum atomic E-state index is 0.474. The van der Waals surface area contributed by atoms with Gasteiger partial charge in [0.1, 0.15) is 24.7 Å². The molecule has 0 atom stereocenters. The number of halogens is 2. The topological polar surface area (TPSA) is 18.5 Å². The zero-order chi connectivity index (χ0) is 16.8. The maximum absolute atomic E-state index is 5.88. The third kappa shape index (κ3) is 4.67. The molecule has 4 heteroatoms. The van der Waals surface area contributed by atoms with Gasteiger partial charge in [-0.3, -0.25) is 0 Å². The number of benzene rings is 3. The Bertz CT molecular complexity index is 715. The lowest BCUT2D eigenvalue weighted by Gasteiger charge is -2.12. The van der Waals surface area contributed by atoms with Crippen molar-refractivity contribution >= 4 is 23.2 Å². The van der Waals surface area contributed by atoms with Crippen LogP contribution < -0.4 is 9.47 Å². The molecule has 2 nitrogen and oxygen atoms in total. The van der Waals surface area contributed by atoms with E-state index in [-0.39, 0.29) is 0 Å². The molecule has 122 valence electrons. The monoisotopic (exact) mass is 358 g/mol. The van der Waals surface area contributed by atoms with Crippen LogP contribution in [0.15, 0.2) is 72.8 Å². The predicted octanol–water partition coefficient (Wildman–Crippen LogP) is 6.15. The van der Waals surface area contributed by atoms with Gasteiger partial charge in [-0.1, -0.05) is 47.5 Å². The summed E-state index contributed by atoms with van der Waals surface area (Å²) < 4.78 is 11.6. The van der Waals surface area contributed by atoms with Crippen molar-refractivity contribution < 1.29 is 9.47 Å². The summed E-state index contributed by atoms with van der Waals surface area (Å²) in [6, 6.07) is 22.7. The molecule has 0 aliphatic rings. The molecule has 0 bridgehead atoms. The molecule has 0 amide bonds. The van der Waals surface area contributed by atoms with Crippen molar-refractivity contribution in [3.05, 3.63) is 94.0 Å². The average molecular weight is 359 g/mol. The van der Waals surface area contributed by atoms with Crippen LogP contribution in [0.4, 0.5) is 0 Å². The summed E-state index contributed by atoms with van der Waals surface area (Å²) in [4.78, 5) is 0. The van der Waals surface area contributed by atoms with Crippen molar-refractivity contribution in [2.24, 2.45) is 0 Å². The number of hydrogen-bond acceptors (Lipinski definition) is 2. The van der Waals surface area contributed by atoms with Gasteiger partial charge in [0, 0.05) is 10.0 Å². The Hall–Kier alpha value is -2.16. The summed E-state index contributed by atoms with van der Waals surface area (Å²) >= 11 is 11.8. The Morgan fingerprint density at radius 1 is 0.542 bits per heavy atom. The molecule has 0 saturated heterocycles. The van der Waals surface area contributed by atoms with Gasteiger partial charge in [-0.2, -0.15) is 0 Å². The van der Waals surface area contributed by atoms with Crippen LogP contribution in [0.5, 0.6) is 11.5 Å². The van der Waals surface area contributed by atoms with E-state index in [1.165, 1.54) is 0 Å². The van der Waals surface area contributed by atoms with Gasteiger partial charge in [-0.25, -0.2) is 0 Å². The van der Waals surface area contributed by atoms with Crippen LogP contribution in [0.25, 0.3) is 0 Å². The summed E-state index contributed by atoms with van der Waals surface area (Å²) in [5, 5.41) is 1.39. The highest BCUT2D eigenvalue weighted by Gasteiger charge is 2.04. The lowest BCUT2D eigenvalue weighted by molar-refractivity contribution is 0.285. The Balaban J connectivity index is 1.64. The first-order valence-electron chi connectivity index (χ1n) is 7.54. The van der Waals surface area contributed by atoms with Gasteiger partial charge in [-0.05, 0) is 59.7 Å². The third-order valence-corrected chi connectivity index (χ3v) is 4.04. The molecule has 0 aromatic heterocycles. The van der Waals surface area contributed by atoms with Crippen molar-refractivity contribution in [3.63, 3.8) is 0 Å². The SMILES string of the molecule is Clc1ccc(OCc2ccccc2COc2ccc(Cl)cc2)cc1. The molecule has 0 unspecified atom stereocenters. The first-order valence-corrected chi connectivity index (χ1v) is 8.30. The zero-order valence-corrected chi connectivity index (χ0v) is 14.4. The zero-order valence-electron chi connectivity index (χ0n) is 12.9. The lowest BCUT2D eigenvalue weighted by atomic mass is 10.1. The average Bonchev–Trinajstić information content (AvgIpc) is 2.61. The third-order valence-electron chi connectivity index (χ3n) is 3.53. The van der Waals surface area contributed by atoms with E-state index in [0.29, 0.717) is 23.3 Å². The molecule has 0 aliphatic carbocycles. The van der Waals surface area contributed by atoms with E-state index in [9.17, 15) is 0 Å². The Labute approximate surface area is 151 Å². The van der Waals surface area contributed by atoms with Crippen LogP contribution in [-0.2, 0) is 13.2 Å². The highest BCUT2D eigenvalue weighted by Crippen LogP contribution is 2.20. The molecule has 3 aromatic carbocycles. The van der Waals surface area contributed by atoms with Crippen molar-refractivity contribution in [2.45, 2.75) is 13.2 Å². The number of rotatable bonds is 6. The molecule has 0 N–H and O–H groups in total. The minimum absolute atomic E-state index is 0.474. The van der Waals surface area contributed by atoms with E-state index in [1.807, 2.05) is 72.8 Å². The van der Waals surface area contributed by atoms with Crippen LogP contribution in [0.1, 0.15) is 11.1 Å². The number of hydrogen-bond donors (Lipinski definition) is 0. The van der Waals surface area contributed by atoms with Gasteiger partial charge in [0.05, 0.1) is 0 Å². The van der Waals surface area contributed by atoms with Crippen LogP contribution in [0.3, 0.4) is 0 Å². The van der Waals surface area contributed by atoms with E-state index < -0.39 is 0 Å². The second-order valence-electron chi connectivity index (χ2n) is 5.25. The van der Waals surface area contributed by atoms with Crippen LogP contribution in [-0.4, -0.2) is 0 Å². The van der Waals surface area contributed by atoms with Gasteiger partial charge < -0.3 is 9.47 Å². The lowest BCUT2D eigenvalue weighted by Crippen LogP contribution is -2.03. The van der Waals surface area contributed by atoms with Gasteiger partial charge in [-0.15, -0.1) is 0 Å². The Kier molecular flexibility index (Phi) is 5.63. The molecule has 0 fully saturated rings. The predicted molar refractivity (Wildman–Crippen MR) is 98.0 cm³/mol. The Morgan fingerprint density at radius 3 is 1.29 bits per heavy atom. The minimum Gasteiger partial charge on any atom is -0.489 e. The largest absolute Gasteiger partial charge is 0.489 e. The summed E-state index contributed by atoms with van der Waals surface area (Å²) in [6.45, 7) is 0.948. The van der Waals surface area contributed by atoms with Gasteiger partial charge in [0.25, 0.3) is 0 Å². The first-order chi connectivity index (χ1) is 11.7. The fourth-order valence-corrected chi connectivity index (χ4v) is 2.47. The molecular weight excluding hydrogens is 343 g/mol. The molecule has 0 spiro atoms. The van der Waals surface area contributed by atoms with Crippen molar-refractivity contribution in [3.8, 4) is 11.5 Å². The second-order valence-corrected chi connectivity index (χ2v) is 6.13. The van der Waals surface area contributed by atoms with Gasteiger partial charge in [0.15, 0.2) is 0 Å². The molecule has 0 saturated carbocycles. The normalized spacial score (nSPS) is 10.4. The number of ether oxygens (including phenoxy) is 2. The first kappa shape index (κ1) is 16.7. The molecular formula is C20H16Cl2O2. The molecule has 0 radical (unpaired) electrons. The van der Waals surface area contributed by atoms with Gasteiger partial charge in [0.2, 0.25) is 0 Å². The van der Waals surface area contributed by atoms with Crippen molar-refractivity contribution in [2.75, 3.05) is 0 Å². The maximum Gasteiger partial charge on any atom is 0.119 e. The highest BCUT2D eigenvalue weighted by molar-refractivity contribution is 6.30. The molecule has 3 rings (SSSR count). The quantitative estimate of drug-likeness (QED) is 0.525. The maximum atomic E-state index is 5.88. The highest BCUT2D eigenvalue weighted by atomic mass is 35.5. The van der Waals surface area contributed by atoms with E-state index in [0.717, 1.165) is 22.6 Å². The summed E-state index contributed by atoms with van der Waals surface area (Å²) in [5.41, 5.74) is 2.17. The summed E-state index contributed by atoms with van der Waals surface area (Å²) in [7, 11) is 0. The second kappa shape index (κ2) is 8.09. The van der Waals surface area contributed by atoms with E-state index in [1.54, 1.807) is 0 Å². The van der Waals surface area contributed by atoms with Crippen molar-refractivity contribution in [1.82, 2.24) is 0 Å². The van der Waals surface area contributed by atoms with E-state index in [2.05, 4.69) is 0 Å². The molecule has 0 heterocycles. The van der Waals surface area contributed by atoms with Crippen molar-refractivity contribution in [1.29, 1.82) is 0 Å². The summed E-state index contributed by atoms with van der Waals surface area (Å²) in [6.07, 6.45) is 0. The van der Waals surface area contributed by atoms with Gasteiger partial charge >= 0.3 is 0 Å². The molecule has 3 aromatic rings. The fourth-order valence-electron chi connectivity index (χ4n) is 2.22. The van der Waals surface area contributed by atoms with E-state index >= 15 is 0 Å².